The number of rotatable bonds is 4. The normalized spacial score (nSPS) is 22.8. The fourth-order valence-corrected chi connectivity index (χ4v) is 3.45. The lowest BCUT2D eigenvalue weighted by Gasteiger charge is -2.26. The van der Waals surface area contributed by atoms with Crippen LogP contribution < -0.4 is 5.32 Å². The van der Waals surface area contributed by atoms with Gasteiger partial charge in [-0.1, -0.05) is 26.0 Å². The van der Waals surface area contributed by atoms with Gasteiger partial charge in [0.2, 0.25) is 0 Å². The van der Waals surface area contributed by atoms with Gasteiger partial charge in [-0.25, -0.2) is 0 Å². The fourth-order valence-electron chi connectivity index (χ4n) is 2.49. The molecule has 110 valence electrons. The van der Waals surface area contributed by atoms with Gasteiger partial charge in [0.1, 0.15) is 0 Å². The third-order valence-corrected chi connectivity index (χ3v) is 4.61. The van der Waals surface area contributed by atoms with E-state index in [2.05, 4.69) is 19.2 Å². The van der Waals surface area contributed by atoms with E-state index >= 15 is 0 Å². The number of aliphatic hydroxyl groups excluding tert-OH is 1. The van der Waals surface area contributed by atoms with Crippen molar-refractivity contribution < 1.29 is 9.90 Å². The molecule has 4 heteroatoms. The highest BCUT2D eigenvalue weighted by Gasteiger charge is 2.22. The Morgan fingerprint density at radius 3 is 2.55 bits per heavy atom. The molecular weight excluding hydrogens is 270 g/mol. The molecule has 2 N–H and O–H groups in total. The van der Waals surface area contributed by atoms with Crippen LogP contribution in [0.25, 0.3) is 0 Å². The van der Waals surface area contributed by atoms with Gasteiger partial charge >= 0.3 is 0 Å². The van der Waals surface area contributed by atoms with Crippen molar-refractivity contribution in [1.29, 1.82) is 0 Å². The number of amides is 1. The number of aliphatic hydroxyl groups is 1. The van der Waals surface area contributed by atoms with E-state index in [0.717, 1.165) is 36.1 Å². The van der Waals surface area contributed by atoms with E-state index in [4.69, 9.17) is 0 Å². The van der Waals surface area contributed by atoms with Crippen molar-refractivity contribution in [3.05, 3.63) is 29.8 Å². The molecule has 0 aliphatic heterocycles. The maximum absolute atomic E-state index is 12.4. The molecule has 1 amide bonds. The standard InChI is InChI=1S/C16H23NO2S/c1-11(2)20-15-6-4-3-5-14(15)16(19)17-12-7-9-13(18)10-8-12/h3-6,11-13,18H,7-10H2,1-2H3,(H,17,19). The lowest BCUT2D eigenvalue weighted by Crippen LogP contribution is -2.38. The van der Waals surface area contributed by atoms with Gasteiger partial charge in [-0.3, -0.25) is 4.79 Å². The highest BCUT2D eigenvalue weighted by atomic mass is 32.2. The predicted molar refractivity (Wildman–Crippen MR) is 83.2 cm³/mol. The number of hydrogen-bond acceptors (Lipinski definition) is 3. The van der Waals surface area contributed by atoms with Gasteiger partial charge in [0.25, 0.3) is 5.91 Å². The van der Waals surface area contributed by atoms with Crippen molar-refractivity contribution >= 4 is 17.7 Å². The van der Waals surface area contributed by atoms with Gasteiger partial charge in [-0.2, -0.15) is 0 Å². The smallest absolute Gasteiger partial charge is 0.252 e. The van der Waals surface area contributed by atoms with Gasteiger partial charge < -0.3 is 10.4 Å². The van der Waals surface area contributed by atoms with E-state index in [1.807, 2.05) is 24.3 Å². The summed E-state index contributed by atoms with van der Waals surface area (Å²) in [6.07, 6.45) is 3.12. The van der Waals surface area contributed by atoms with Crippen molar-refractivity contribution in [2.24, 2.45) is 0 Å². The molecule has 0 heterocycles. The Morgan fingerprint density at radius 2 is 1.90 bits per heavy atom. The van der Waals surface area contributed by atoms with Crippen LogP contribution in [-0.2, 0) is 0 Å². The topological polar surface area (TPSA) is 49.3 Å². The molecule has 0 radical (unpaired) electrons. The maximum atomic E-state index is 12.4. The van der Waals surface area contributed by atoms with E-state index < -0.39 is 0 Å². The van der Waals surface area contributed by atoms with Crippen molar-refractivity contribution in [2.45, 2.75) is 61.8 Å². The minimum absolute atomic E-state index is 0.00939. The lowest BCUT2D eigenvalue weighted by atomic mass is 9.93. The first-order chi connectivity index (χ1) is 9.56. The maximum Gasteiger partial charge on any atom is 0.252 e. The minimum atomic E-state index is -0.188. The molecule has 0 spiro atoms. The number of benzene rings is 1. The average Bonchev–Trinajstić information content (AvgIpc) is 2.41. The summed E-state index contributed by atoms with van der Waals surface area (Å²) in [7, 11) is 0. The van der Waals surface area contributed by atoms with Gasteiger partial charge in [-0.05, 0) is 37.8 Å². The Kier molecular flexibility index (Phi) is 5.49. The SMILES string of the molecule is CC(C)Sc1ccccc1C(=O)NC1CCC(O)CC1. The molecule has 3 nitrogen and oxygen atoms in total. The molecule has 0 saturated heterocycles. The molecule has 1 aromatic carbocycles. The molecule has 1 aromatic rings. The quantitative estimate of drug-likeness (QED) is 0.838. The Bertz CT molecular complexity index is 454. The lowest BCUT2D eigenvalue weighted by molar-refractivity contribution is 0.0865. The van der Waals surface area contributed by atoms with Crippen LogP contribution in [0.4, 0.5) is 0 Å². The van der Waals surface area contributed by atoms with Gasteiger partial charge in [0.05, 0.1) is 11.7 Å². The molecule has 1 aliphatic carbocycles. The second kappa shape index (κ2) is 7.14. The zero-order valence-corrected chi connectivity index (χ0v) is 13.0. The van der Waals surface area contributed by atoms with E-state index in [1.54, 1.807) is 11.8 Å². The molecular formula is C16H23NO2S. The second-order valence-corrected chi connectivity index (χ2v) is 7.26. The van der Waals surface area contributed by atoms with E-state index in [0.29, 0.717) is 5.25 Å². The number of hydrogen-bond donors (Lipinski definition) is 2. The molecule has 0 unspecified atom stereocenters. The summed E-state index contributed by atoms with van der Waals surface area (Å²) in [5.41, 5.74) is 0.761. The van der Waals surface area contributed by atoms with Gasteiger partial charge in [0.15, 0.2) is 0 Å². The summed E-state index contributed by atoms with van der Waals surface area (Å²) in [6, 6.07) is 7.97. The van der Waals surface area contributed by atoms with E-state index in [-0.39, 0.29) is 18.1 Å². The average molecular weight is 293 g/mol. The highest BCUT2D eigenvalue weighted by Crippen LogP contribution is 2.27. The van der Waals surface area contributed by atoms with Crippen LogP contribution in [0.5, 0.6) is 0 Å². The van der Waals surface area contributed by atoms with Crippen LogP contribution in [-0.4, -0.2) is 28.4 Å². The molecule has 20 heavy (non-hydrogen) atoms. The summed E-state index contributed by atoms with van der Waals surface area (Å²) in [6.45, 7) is 4.25. The van der Waals surface area contributed by atoms with Crippen molar-refractivity contribution in [3.8, 4) is 0 Å². The zero-order chi connectivity index (χ0) is 14.5. The van der Waals surface area contributed by atoms with Crippen LogP contribution in [0.15, 0.2) is 29.2 Å². The van der Waals surface area contributed by atoms with Crippen LogP contribution in [0, 0.1) is 0 Å². The number of carbonyl (C=O) groups is 1. The third kappa shape index (κ3) is 4.25. The molecule has 0 bridgehead atoms. The molecule has 1 saturated carbocycles. The number of thioether (sulfide) groups is 1. The van der Waals surface area contributed by atoms with Crippen LogP contribution >= 0.6 is 11.8 Å². The van der Waals surface area contributed by atoms with Gasteiger partial charge in [0, 0.05) is 16.2 Å². The largest absolute Gasteiger partial charge is 0.393 e. The molecule has 0 atom stereocenters. The summed E-state index contributed by atoms with van der Waals surface area (Å²) in [5, 5.41) is 13.1. The van der Waals surface area contributed by atoms with E-state index in [1.165, 1.54) is 0 Å². The highest BCUT2D eigenvalue weighted by molar-refractivity contribution is 8.00. The summed E-state index contributed by atoms with van der Waals surface area (Å²) in [4.78, 5) is 13.4. The van der Waals surface area contributed by atoms with E-state index in [9.17, 15) is 9.90 Å². The first kappa shape index (κ1) is 15.4. The summed E-state index contributed by atoms with van der Waals surface area (Å²) in [5.74, 6) is 0.00939. The number of nitrogens with one attached hydrogen (secondary N) is 1. The molecule has 2 rings (SSSR count). The van der Waals surface area contributed by atoms with Crippen LogP contribution in [0.3, 0.4) is 0 Å². The van der Waals surface area contributed by atoms with Crippen molar-refractivity contribution in [1.82, 2.24) is 5.32 Å². The zero-order valence-electron chi connectivity index (χ0n) is 12.1. The van der Waals surface area contributed by atoms with Crippen molar-refractivity contribution in [2.75, 3.05) is 0 Å². The Hall–Kier alpha value is -1.00. The molecule has 0 aromatic heterocycles. The molecule has 1 fully saturated rings. The van der Waals surface area contributed by atoms with Crippen LogP contribution in [0.1, 0.15) is 49.9 Å². The minimum Gasteiger partial charge on any atom is -0.393 e. The summed E-state index contributed by atoms with van der Waals surface area (Å²) >= 11 is 1.71. The van der Waals surface area contributed by atoms with Gasteiger partial charge in [-0.15, -0.1) is 11.8 Å². The Labute approximate surface area is 125 Å². The van der Waals surface area contributed by atoms with Crippen molar-refractivity contribution in [3.63, 3.8) is 0 Å². The first-order valence-electron chi connectivity index (χ1n) is 7.31. The Balaban J connectivity index is 2.01. The summed E-state index contributed by atoms with van der Waals surface area (Å²) < 4.78 is 0. The Morgan fingerprint density at radius 1 is 1.25 bits per heavy atom. The monoisotopic (exact) mass is 293 g/mol. The predicted octanol–water partition coefficient (Wildman–Crippen LogP) is 3.22. The second-order valence-electron chi connectivity index (χ2n) is 5.64. The van der Waals surface area contributed by atoms with Crippen LogP contribution in [0.2, 0.25) is 0 Å². The third-order valence-electron chi connectivity index (χ3n) is 3.53. The first-order valence-corrected chi connectivity index (χ1v) is 8.19. The molecule has 1 aliphatic rings. The fraction of sp³-hybridized carbons (Fsp3) is 0.562. The number of carbonyl (C=O) groups excluding carboxylic acids is 1.